The van der Waals surface area contributed by atoms with Crippen LogP contribution in [0.5, 0.6) is 0 Å². The molecule has 1 rings (SSSR count). The molecule has 0 saturated heterocycles. The van der Waals surface area contributed by atoms with E-state index in [4.69, 9.17) is 11.1 Å². The van der Waals surface area contributed by atoms with E-state index in [1.807, 2.05) is 24.9 Å². The second kappa shape index (κ2) is 6.18. The molecule has 0 aromatic carbocycles. The zero-order valence-corrected chi connectivity index (χ0v) is 10.8. The van der Waals surface area contributed by atoms with Crippen LogP contribution in [-0.2, 0) is 6.42 Å². The Morgan fingerprint density at radius 2 is 2.24 bits per heavy atom. The maximum atomic E-state index is 7.38. The molecule has 0 fully saturated rings. The number of nitrogens with two attached hydrogens (primary N) is 1. The molecule has 0 aliphatic carbocycles. The molecule has 3 N–H and O–H groups in total. The molecule has 1 aromatic rings. The van der Waals surface area contributed by atoms with Crippen LogP contribution in [0.1, 0.15) is 26.0 Å². The third-order valence-electron chi connectivity index (χ3n) is 2.69. The molecule has 0 spiro atoms. The highest BCUT2D eigenvalue weighted by atomic mass is 15.2. The van der Waals surface area contributed by atoms with Gasteiger partial charge in [-0.05, 0) is 6.42 Å². The van der Waals surface area contributed by atoms with Gasteiger partial charge in [-0.3, -0.25) is 5.41 Å². The van der Waals surface area contributed by atoms with Crippen molar-refractivity contribution in [3.63, 3.8) is 0 Å². The quantitative estimate of drug-likeness (QED) is 0.577. The molecular formula is C12H21N5. The molecule has 1 aromatic heterocycles. The van der Waals surface area contributed by atoms with E-state index in [2.05, 4.69) is 16.9 Å². The molecule has 5 heteroatoms. The number of hydrogen-bond acceptors (Lipinski definition) is 4. The molecule has 1 unspecified atom stereocenters. The van der Waals surface area contributed by atoms with Gasteiger partial charge in [0, 0.05) is 31.3 Å². The number of rotatable bonds is 6. The largest absolute Gasteiger partial charge is 0.387 e. The monoisotopic (exact) mass is 235 g/mol. The number of aromatic nitrogens is 2. The van der Waals surface area contributed by atoms with E-state index in [-0.39, 0.29) is 11.8 Å². The van der Waals surface area contributed by atoms with Gasteiger partial charge in [-0.2, -0.15) is 0 Å². The van der Waals surface area contributed by atoms with Gasteiger partial charge in [0.05, 0.1) is 5.84 Å². The first kappa shape index (κ1) is 13.4. The molecular weight excluding hydrogens is 214 g/mol. The molecule has 0 saturated carbocycles. The van der Waals surface area contributed by atoms with Crippen molar-refractivity contribution in [3.8, 4) is 0 Å². The first-order valence-electron chi connectivity index (χ1n) is 5.90. The molecule has 1 heterocycles. The lowest BCUT2D eigenvalue weighted by Crippen LogP contribution is -2.32. The van der Waals surface area contributed by atoms with Crippen LogP contribution < -0.4 is 10.6 Å². The SMILES string of the molecule is CCCc1cc(N(C)CC(C)C(=N)N)ncn1. The maximum Gasteiger partial charge on any atom is 0.131 e. The van der Waals surface area contributed by atoms with Crippen LogP contribution in [0.3, 0.4) is 0 Å². The van der Waals surface area contributed by atoms with E-state index < -0.39 is 0 Å². The normalized spacial score (nSPS) is 12.2. The fourth-order valence-electron chi connectivity index (χ4n) is 1.59. The van der Waals surface area contributed by atoms with Crippen LogP contribution in [-0.4, -0.2) is 29.4 Å². The zero-order chi connectivity index (χ0) is 12.8. The smallest absolute Gasteiger partial charge is 0.131 e. The summed E-state index contributed by atoms with van der Waals surface area (Å²) in [6, 6.07) is 2.00. The Bertz CT molecular complexity index is 377. The first-order chi connectivity index (χ1) is 8.04. The van der Waals surface area contributed by atoms with Crippen molar-refractivity contribution >= 4 is 11.7 Å². The van der Waals surface area contributed by atoms with Gasteiger partial charge in [-0.15, -0.1) is 0 Å². The third kappa shape index (κ3) is 4.01. The number of nitrogens with zero attached hydrogens (tertiary/aromatic N) is 3. The predicted molar refractivity (Wildman–Crippen MR) is 70.4 cm³/mol. The number of hydrogen-bond donors (Lipinski definition) is 2. The number of nitrogens with one attached hydrogen (secondary N) is 1. The van der Waals surface area contributed by atoms with E-state index in [0.29, 0.717) is 6.54 Å². The summed E-state index contributed by atoms with van der Waals surface area (Å²) < 4.78 is 0. The van der Waals surface area contributed by atoms with Gasteiger partial charge in [-0.1, -0.05) is 20.3 Å². The number of aryl methyl sites for hydroxylation is 1. The highest BCUT2D eigenvalue weighted by Gasteiger charge is 2.11. The van der Waals surface area contributed by atoms with Crippen molar-refractivity contribution in [1.82, 2.24) is 9.97 Å². The average molecular weight is 235 g/mol. The fourth-order valence-corrected chi connectivity index (χ4v) is 1.59. The van der Waals surface area contributed by atoms with E-state index in [0.717, 1.165) is 24.4 Å². The molecule has 0 bridgehead atoms. The van der Waals surface area contributed by atoms with E-state index in [9.17, 15) is 0 Å². The van der Waals surface area contributed by atoms with Crippen LogP contribution in [0, 0.1) is 11.3 Å². The Labute approximate surface area is 103 Å². The van der Waals surface area contributed by atoms with Crippen molar-refractivity contribution in [1.29, 1.82) is 5.41 Å². The standard InChI is InChI=1S/C12H21N5/c1-4-5-10-6-11(16-8-15-10)17(3)7-9(2)12(13)14/h6,8-9H,4-5,7H2,1-3H3,(H3,13,14). The van der Waals surface area contributed by atoms with E-state index >= 15 is 0 Å². The van der Waals surface area contributed by atoms with Gasteiger partial charge >= 0.3 is 0 Å². The lowest BCUT2D eigenvalue weighted by atomic mass is 10.1. The van der Waals surface area contributed by atoms with Crippen molar-refractivity contribution < 1.29 is 0 Å². The second-order valence-corrected chi connectivity index (χ2v) is 4.35. The minimum absolute atomic E-state index is 0.0320. The summed E-state index contributed by atoms with van der Waals surface area (Å²) in [7, 11) is 1.96. The van der Waals surface area contributed by atoms with Gasteiger partial charge in [0.2, 0.25) is 0 Å². The van der Waals surface area contributed by atoms with Crippen LogP contribution >= 0.6 is 0 Å². The summed E-state index contributed by atoms with van der Waals surface area (Å²) in [6.07, 6.45) is 3.63. The highest BCUT2D eigenvalue weighted by molar-refractivity contribution is 5.79. The van der Waals surface area contributed by atoms with E-state index in [1.165, 1.54) is 0 Å². The van der Waals surface area contributed by atoms with E-state index in [1.54, 1.807) is 6.33 Å². The molecule has 17 heavy (non-hydrogen) atoms. The maximum absolute atomic E-state index is 7.38. The second-order valence-electron chi connectivity index (χ2n) is 4.35. The van der Waals surface area contributed by atoms with Crippen LogP contribution in [0.25, 0.3) is 0 Å². The van der Waals surface area contributed by atoms with Gasteiger partial charge in [0.1, 0.15) is 12.1 Å². The molecule has 0 amide bonds. The Morgan fingerprint density at radius 1 is 1.53 bits per heavy atom. The summed E-state index contributed by atoms with van der Waals surface area (Å²) in [5.41, 5.74) is 6.52. The summed E-state index contributed by atoms with van der Waals surface area (Å²) in [4.78, 5) is 10.5. The third-order valence-corrected chi connectivity index (χ3v) is 2.69. The van der Waals surface area contributed by atoms with Crippen molar-refractivity contribution in [2.24, 2.45) is 11.7 Å². The van der Waals surface area contributed by atoms with Gasteiger partial charge in [0.15, 0.2) is 0 Å². The van der Waals surface area contributed by atoms with Gasteiger partial charge in [-0.25, -0.2) is 9.97 Å². The van der Waals surface area contributed by atoms with Crippen molar-refractivity contribution in [2.75, 3.05) is 18.5 Å². The van der Waals surface area contributed by atoms with Gasteiger partial charge in [0.25, 0.3) is 0 Å². The Hall–Kier alpha value is -1.65. The molecule has 0 radical (unpaired) electrons. The van der Waals surface area contributed by atoms with Crippen molar-refractivity contribution in [3.05, 3.63) is 18.1 Å². The Kier molecular flexibility index (Phi) is 4.87. The summed E-state index contributed by atoms with van der Waals surface area (Å²) in [5, 5.41) is 7.38. The highest BCUT2D eigenvalue weighted by Crippen LogP contribution is 2.12. The average Bonchev–Trinajstić information content (AvgIpc) is 2.29. The van der Waals surface area contributed by atoms with Crippen LogP contribution in [0.2, 0.25) is 0 Å². The number of anilines is 1. The molecule has 1 atom stereocenters. The topological polar surface area (TPSA) is 78.9 Å². The minimum atomic E-state index is 0.0320. The zero-order valence-electron chi connectivity index (χ0n) is 10.8. The lowest BCUT2D eigenvalue weighted by Gasteiger charge is -2.21. The van der Waals surface area contributed by atoms with Crippen LogP contribution in [0.15, 0.2) is 12.4 Å². The summed E-state index contributed by atoms with van der Waals surface area (Å²) in [6.45, 7) is 4.76. The lowest BCUT2D eigenvalue weighted by molar-refractivity contribution is 0.719. The van der Waals surface area contributed by atoms with Crippen LogP contribution in [0.4, 0.5) is 5.82 Å². The molecule has 0 aliphatic heterocycles. The fraction of sp³-hybridized carbons (Fsp3) is 0.583. The van der Waals surface area contributed by atoms with Gasteiger partial charge < -0.3 is 10.6 Å². The molecule has 5 nitrogen and oxygen atoms in total. The first-order valence-corrected chi connectivity index (χ1v) is 5.90. The molecule has 94 valence electrons. The molecule has 0 aliphatic rings. The van der Waals surface area contributed by atoms with Crippen molar-refractivity contribution in [2.45, 2.75) is 26.7 Å². The Balaban J connectivity index is 2.71. The summed E-state index contributed by atoms with van der Waals surface area (Å²) >= 11 is 0. The predicted octanol–water partition coefficient (Wildman–Crippen LogP) is 1.44. The Morgan fingerprint density at radius 3 is 2.82 bits per heavy atom. The summed E-state index contributed by atoms with van der Waals surface area (Å²) in [5.74, 6) is 1.13. The number of amidine groups is 1. The minimum Gasteiger partial charge on any atom is -0.387 e.